The van der Waals surface area contributed by atoms with Crippen LogP contribution in [0.3, 0.4) is 0 Å². The van der Waals surface area contributed by atoms with E-state index in [2.05, 4.69) is 35.4 Å². The molecule has 1 radical (unpaired) electrons. The molecule has 0 aliphatic carbocycles. The standard InChI is InChI=1S/C18H14NO/c1-3-9-15(10-4-1)18(16-11-5-2-6-12-16)20-17-13-7-8-14-19-17/h1-13,18H. The Morgan fingerprint density at radius 3 is 1.85 bits per heavy atom. The number of pyridine rings is 1. The topological polar surface area (TPSA) is 22.1 Å². The fourth-order valence-electron chi connectivity index (χ4n) is 2.08. The van der Waals surface area contributed by atoms with Gasteiger partial charge in [0.2, 0.25) is 5.88 Å². The molecular formula is C18H14NO. The molecule has 3 aromatic rings. The number of hydrogen-bond acceptors (Lipinski definition) is 2. The van der Waals surface area contributed by atoms with Crippen molar-refractivity contribution >= 4 is 0 Å². The Balaban J connectivity index is 1.96. The molecule has 0 aliphatic rings. The lowest BCUT2D eigenvalue weighted by Crippen LogP contribution is -2.10. The summed E-state index contributed by atoms with van der Waals surface area (Å²) < 4.78 is 6.04. The first-order valence-corrected chi connectivity index (χ1v) is 6.53. The minimum atomic E-state index is -0.166. The van der Waals surface area contributed by atoms with E-state index >= 15 is 0 Å². The van der Waals surface area contributed by atoms with Gasteiger partial charge in [-0.2, -0.15) is 0 Å². The summed E-state index contributed by atoms with van der Waals surface area (Å²) in [5.41, 5.74) is 2.20. The Morgan fingerprint density at radius 1 is 0.750 bits per heavy atom. The Kier molecular flexibility index (Phi) is 3.74. The van der Waals surface area contributed by atoms with Gasteiger partial charge in [0.1, 0.15) is 0 Å². The van der Waals surface area contributed by atoms with E-state index in [0.29, 0.717) is 5.88 Å². The summed E-state index contributed by atoms with van der Waals surface area (Å²) in [4.78, 5) is 4.12. The van der Waals surface area contributed by atoms with Gasteiger partial charge in [0.05, 0.1) is 6.20 Å². The molecule has 0 atom stereocenters. The molecule has 3 rings (SSSR count). The van der Waals surface area contributed by atoms with Crippen LogP contribution < -0.4 is 4.74 Å². The molecule has 0 aliphatic heterocycles. The van der Waals surface area contributed by atoms with E-state index in [1.54, 1.807) is 6.07 Å². The summed E-state index contributed by atoms with van der Waals surface area (Å²) in [6, 6.07) is 25.8. The number of benzene rings is 2. The maximum Gasteiger partial charge on any atom is 0.214 e. The van der Waals surface area contributed by atoms with Crippen LogP contribution in [-0.4, -0.2) is 4.98 Å². The predicted octanol–water partition coefficient (Wildman–Crippen LogP) is 4.05. The van der Waals surface area contributed by atoms with Crippen LogP contribution in [0, 0.1) is 6.20 Å². The van der Waals surface area contributed by atoms with Crippen molar-refractivity contribution in [2.75, 3.05) is 0 Å². The number of ether oxygens (including phenoxy) is 1. The maximum absolute atomic E-state index is 6.04. The minimum Gasteiger partial charge on any atom is -0.465 e. The average Bonchev–Trinajstić information content (AvgIpc) is 2.55. The van der Waals surface area contributed by atoms with Gasteiger partial charge in [0.15, 0.2) is 6.10 Å². The lowest BCUT2D eigenvalue weighted by atomic mass is 10.0. The highest BCUT2D eigenvalue weighted by molar-refractivity contribution is 5.31. The van der Waals surface area contributed by atoms with E-state index in [4.69, 9.17) is 4.74 Å². The number of nitrogens with zero attached hydrogens (tertiary/aromatic N) is 1. The van der Waals surface area contributed by atoms with Crippen molar-refractivity contribution in [1.29, 1.82) is 0 Å². The molecule has 0 saturated carbocycles. The van der Waals surface area contributed by atoms with Crippen LogP contribution in [0.15, 0.2) is 78.9 Å². The first-order valence-electron chi connectivity index (χ1n) is 6.53. The largest absolute Gasteiger partial charge is 0.465 e. The quantitative estimate of drug-likeness (QED) is 0.706. The van der Waals surface area contributed by atoms with Gasteiger partial charge in [-0.25, -0.2) is 4.98 Å². The highest BCUT2D eigenvalue weighted by Crippen LogP contribution is 2.26. The molecular weight excluding hydrogens is 246 g/mol. The van der Waals surface area contributed by atoms with E-state index in [9.17, 15) is 0 Å². The SMILES string of the molecule is [c]1cccc(OC(c2ccccc2)c2ccccc2)n1. The van der Waals surface area contributed by atoms with Crippen LogP contribution >= 0.6 is 0 Å². The first kappa shape index (κ1) is 12.4. The lowest BCUT2D eigenvalue weighted by molar-refractivity contribution is 0.237. The van der Waals surface area contributed by atoms with Crippen molar-refractivity contribution < 1.29 is 4.74 Å². The Morgan fingerprint density at radius 2 is 1.35 bits per heavy atom. The van der Waals surface area contributed by atoms with E-state index < -0.39 is 0 Å². The van der Waals surface area contributed by atoms with Crippen molar-refractivity contribution in [2.45, 2.75) is 6.10 Å². The zero-order valence-corrected chi connectivity index (χ0v) is 10.9. The summed E-state index contributed by atoms with van der Waals surface area (Å²) in [6.45, 7) is 0. The van der Waals surface area contributed by atoms with E-state index in [0.717, 1.165) is 11.1 Å². The van der Waals surface area contributed by atoms with E-state index in [-0.39, 0.29) is 6.10 Å². The first-order chi connectivity index (χ1) is 9.93. The number of hydrogen-bond donors (Lipinski definition) is 0. The summed E-state index contributed by atoms with van der Waals surface area (Å²) in [5, 5.41) is 0. The minimum absolute atomic E-state index is 0.166. The third-order valence-electron chi connectivity index (χ3n) is 3.03. The summed E-state index contributed by atoms with van der Waals surface area (Å²) in [6.07, 6.45) is 2.63. The molecule has 0 saturated heterocycles. The second-order valence-corrected chi connectivity index (χ2v) is 4.42. The molecule has 0 spiro atoms. The molecule has 0 unspecified atom stereocenters. The van der Waals surface area contributed by atoms with Gasteiger partial charge in [0, 0.05) is 6.07 Å². The Hall–Kier alpha value is -2.61. The van der Waals surface area contributed by atoms with Crippen LogP contribution in [0.5, 0.6) is 5.88 Å². The molecule has 0 bridgehead atoms. The van der Waals surface area contributed by atoms with Gasteiger partial charge < -0.3 is 4.74 Å². The van der Waals surface area contributed by atoms with Crippen LogP contribution in [0.4, 0.5) is 0 Å². The van der Waals surface area contributed by atoms with E-state index in [1.807, 2.05) is 48.5 Å². The van der Waals surface area contributed by atoms with Gasteiger partial charge in [-0.05, 0) is 17.2 Å². The van der Waals surface area contributed by atoms with Crippen molar-refractivity contribution in [3.8, 4) is 5.88 Å². The number of rotatable bonds is 4. The Labute approximate surface area is 118 Å². The summed E-state index contributed by atoms with van der Waals surface area (Å²) >= 11 is 0. The van der Waals surface area contributed by atoms with Crippen molar-refractivity contribution in [2.24, 2.45) is 0 Å². The molecule has 0 fully saturated rings. The third-order valence-corrected chi connectivity index (χ3v) is 3.03. The van der Waals surface area contributed by atoms with Crippen LogP contribution in [0.25, 0.3) is 0 Å². The maximum atomic E-state index is 6.04. The van der Waals surface area contributed by atoms with Gasteiger partial charge >= 0.3 is 0 Å². The predicted molar refractivity (Wildman–Crippen MR) is 78.4 cm³/mol. The summed E-state index contributed by atoms with van der Waals surface area (Å²) in [5.74, 6) is 0.574. The average molecular weight is 260 g/mol. The number of aromatic nitrogens is 1. The molecule has 0 amide bonds. The molecule has 2 heteroatoms. The normalized spacial score (nSPS) is 10.4. The fraction of sp³-hybridized carbons (Fsp3) is 0.0556. The molecule has 20 heavy (non-hydrogen) atoms. The van der Waals surface area contributed by atoms with Crippen molar-refractivity contribution in [1.82, 2.24) is 4.98 Å². The van der Waals surface area contributed by atoms with Gasteiger partial charge in [0.25, 0.3) is 0 Å². The molecule has 97 valence electrons. The monoisotopic (exact) mass is 260 g/mol. The zero-order valence-electron chi connectivity index (χ0n) is 10.9. The molecule has 1 heterocycles. The van der Waals surface area contributed by atoms with Crippen LogP contribution in [-0.2, 0) is 0 Å². The third kappa shape index (κ3) is 2.86. The highest BCUT2D eigenvalue weighted by atomic mass is 16.5. The smallest absolute Gasteiger partial charge is 0.214 e. The zero-order chi connectivity index (χ0) is 13.6. The molecule has 0 N–H and O–H groups in total. The Bertz CT molecular complexity index is 599. The summed E-state index contributed by atoms with van der Waals surface area (Å²) in [7, 11) is 0. The van der Waals surface area contributed by atoms with Crippen LogP contribution in [0.1, 0.15) is 17.2 Å². The lowest BCUT2D eigenvalue weighted by Gasteiger charge is -2.19. The van der Waals surface area contributed by atoms with Crippen molar-refractivity contribution in [3.05, 3.63) is 96.2 Å². The van der Waals surface area contributed by atoms with E-state index in [1.165, 1.54) is 0 Å². The molecule has 2 aromatic carbocycles. The molecule has 2 nitrogen and oxygen atoms in total. The second kappa shape index (κ2) is 6.02. The fourth-order valence-corrected chi connectivity index (χ4v) is 2.08. The second-order valence-electron chi connectivity index (χ2n) is 4.42. The van der Waals surface area contributed by atoms with Gasteiger partial charge in [-0.3, -0.25) is 0 Å². The van der Waals surface area contributed by atoms with Crippen LogP contribution in [0.2, 0.25) is 0 Å². The van der Waals surface area contributed by atoms with Gasteiger partial charge in [-0.15, -0.1) is 0 Å². The molecule has 1 aromatic heterocycles. The highest BCUT2D eigenvalue weighted by Gasteiger charge is 2.15. The van der Waals surface area contributed by atoms with Crippen molar-refractivity contribution in [3.63, 3.8) is 0 Å². The van der Waals surface area contributed by atoms with Gasteiger partial charge in [-0.1, -0.05) is 66.7 Å².